The number of halogens is 3. The van der Waals surface area contributed by atoms with Crippen LogP contribution < -0.4 is 14.8 Å². The van der Waals surface area contributed by atoms with E-state index in [-0.39, 0.29) is 18.2 Å². The van der Waals surface area contributed by atoms with Gasteiger partial charge < -0.3 is 10.1 Å². The second-order valence-electron chi connectivity index (χ2n) is 5.55. The maximum Gasteiger partial charge on any atom is 0.416 e. The molecule has 5 nitrogen and oxygen atoms in total. The van der Waals surface area contributed by atoms with E-state index < -0.39 is 27.9 Å². The van der Waals surface area contributed by atoms with Crippen LogP contribution in [0.2, 0.25) is 0 Å². The topological polar surface area (TPSA) is 67.4 Å². The molecule has 0 saturated carbocycles. The molecule has 1 saturated heterocycles. The van der Waals surface area contributed by atoms with Crippen LogP contribution in [0.5, 0.6) is 5.75 Å². The lowest BCUT2D eigenvalue weighted by Gasteiger charge is -2.24. The van der Waals surface area contributed by atoms with E-state index in [1.165, 1.54) is 12.1 Å². The molecule has 1 fully saturated rings. The Morgan fingerprint density at radius 3 is 2.48 bits per heavy atom. The lowest BCUT2D eigenvalue weighted by Crippen LogP contribution is -2.40. The van der Waals surface area contributed by atoms with Gasteiger partial charge in [0.2, 0.25) is 10.0 Å². The summed E-state index contributed by atoms with van der Waals surface area (Å²) in [6, 6.07) is 4.39. The van der Waals surface area contributed by atoms with E-state index in [0.29, 0.717) is 6.54 Å². The number of hydrogen-bond acceptors (Lipinski definition) is 4. The van der Waals surface area contributed by atoms with Crippen LogP contribution in [-0.2, 0) is 16.2 Å². The molecule has 0 amide bonds. The molecule has 0 aliphatic carbocycles. The third-order valence-electron chi connectivity index (χ3n) is 3.64. The highest BCUT2D eigenvalue weighted by atomic mass is 32.2. The highest BCUT2D eigenvalue weighted by Gasteiger charge is 2.31. The van der Waals surface area contributed by atoms with E-state index in [1.54, 1.807) is 0 Å². The van der Waals surface area contributed by atoms with Gasteiger partial charge in [-0.2, -0.15) is 13.2 Å². The minimum Gasteiger partial charge on any atom is -0.489 e. The smallest absolute Gasteiger partial charge is 0.416 e. The van der Waals surface area contributed by atoms with Crippen molar-refractivity contribution in [3.63, 3.8) is 0 Å². The molecule has 0 radical (unpaired) electrons. The van der Waals surface area contributed by atoms with Gasteiger partial charge >= 0.3 is 6.18 Å². The Labute approximate surface area is 133 Å². The molecule has 1 aromatic carbocycles. The average molecular weight is 352 g/mol. The van der Waals surface area contributed by atoms with Crippen molar-refractivity contribution in [2.45, 2.75) is 18.7 Å². The van der Waals surface area contributed by atoms with Crippen molar-refractivity contribution in [2.75, 3.05) is 25.9 Å². The second kappa shape index (κ2) is 7.06. The summed E-state index contributed by atoms with van der Waals surface area (Å²) in [7, 11) is -3.37. The van der Waals surface area contributed by atoms with E-state index in [4.69, 9.17) is 4.74 Å². The first-order chi connectivity index (χ1) is 10.6. The SMILES string of the molecule is CS(=O)(=O)NC[C@@H](Oc1ccc(C(F)(F)F)cc1)[C@H]1CCNC1. The summed E-state index contributed by atoms with van der Waals surface area (Å²) in [5, 5.41) is 3.16. The standard InChI is InChI=1S/C14H19F3N2O3S/c1-23(20,21)19-9-13(10-6-7-18-8-10)22-12-4-2-11(3-5-12)14(15,16)17/h2-5,10,13,18-19H,6-9H2,1H3/t10-,13+/m0/s1. The Hall–Kier alpha value is -1.32. The predicted molar refractivity (Wildman–Crippen MR) is 79.7 cm³/mol. The second-order valence-corrected chi connectivity index (χ2v) is 7.38. The van der Waals surface area contributed by atoms with Crippen molar-refractivity contribution >= 4 is 10.0 Å². The quantitative estimate of drug-likeness (QED) is 0.816. The molecule has 0 bridgehead atoms. The molecule has 9 heteroatoms. The van der Waals surface area contributed by atoms with Gasteiger partial charge in [-0.05, 0) is 37.2 Å². The number of hydrogen-bond donors (Lipinski definition) is 2. The van der Waals surface area contributed by atoms with Crippen molar-refractivity contribution in [3.8, 4) is 5.75 Å². The molecule has 2 atom stereocenters. The Balaban J connectivity index is 2.07. The monoisotopic (exact) mass is 352 g/mol. The Morgan fingerprint density at radius 1 is 1.35 bits per heavy atom. The molecule has 2 N–H and O–H groups in total. The molecular formula is C14H19F3N2O3S. The van der Waals surface area contributed by atoms with Crippen LogP contribution in [0.4, 0.5) is 13.2 Å². The normalized spacial score (nSPS) is 20.4. The maximum atomic E-state index is 12.6. The van der Waals surface area contributed by atoms with E-state index in [0.717, 1.165) is 31.4 Å². The van der Waals surface area contributed by atoms with Crippen molar-refractivity contribution in [2.24, 2.45) is 5.92 Å². The largest absolute Gasteiger partial charge is 0.489 e. The molecule has 0 unspecified atom stereocenters. The summed E-state index contributed by atoms with van der Waals surface area (Å²) < 4.78 is 68.3. The van der Waals surface area contributed by atoms with Gasteiger partial charge in [-0.15, -0.1) is 0 Å². The molecule has 23 heavy (non-hydrogen) atoms. The van der Waals surface area contributed by atoms with Crippen LogP contribution in [-0.4, -0.2) is 40.4 Å². The molecule has 1 aliphatic heterocycles. The molecule has 130 valence electrons. The summed E-state index contributed by atoms with van der Waals surface area (Å²) >= 11 is 0. The van der Waals surface area contributed by atoms with Crippen molar-refractivity contribution in [3.05, 3.63) is 29.8 Å². The minimum absolute atomic E-state index is 0.0756. The highest BCUT2D eigenvalue weighted by Crippen LogP contribution is 2.30. The Kier molecular flexibility index (Phi) is 5.53. The van der Waals surface area contributed by atoms with Gasteiger partial charge in [-0.1, -0.05) is 0 Å². The summed E-state index contributed by atoms with van der Waals surface area (Å²) in [6.45, 7) is 1.55. The summed E-state index contributed by atoms with van der Waals surface area (Å²) in [5.41, 5.74) is -0.752. The van der Waals surface area contributed by atoms with E-state index in [9.17, 15) is 21.6 Å². The fourth-order valence-corrected chi connectivity index (χ4v) is 2.90. The number of rotatable bonds is 6. The van der Waals surface area contributed by atoms with Gasteiger partial charge in [0, 0.05) is 19.0 Å². The fourth-order valence-electron chi connectivity index (χ4n) is 2.43. The summed E-state index contributed by atoms with van der Waals surface area (Å²) in [6.07, 6.45) is -2.98. The van der Waals surface area contributed by atoms with E-state index in [2.05, 4.69) is 10.0 Å². The predicted octanol–water partition coefficient (Wildman–Crippen LogP) is 1.61. The number of alkyl halides is 3. The molecular weight excluding hydrogens is 333 g/mol. The molecule has 0 aromatic heterocycles. The van der Waals surface area contributed by atoms with Gasteiger partial charge in [-0.3, -0.25) is 0 Å². The van der Waals surface area contributed by atoms with Gasteiger partial charge in [0.05, 0.1) is 11.8 Å². The lowest BCUT2D eigenvalue weighted by atomic mass is 10.0. The first-order valence-electron chi connectivity index (χ1n) is 7.14. The van der Waals surface area contributed by atoms with Gasteiger partial charge in [0.15, 0.2) is 0 Å². The fraction of sp³-hybridized carbons (Fsp3) is 0.571. The number of sulfonamides is 1. The molecule has 1 heterocycles. The van der Waals surface area contributed by atoms with E-state index in [1.807, 2.05) is 0 Å². The van der Waals surface area contributed by atoms with Crippen molar-refractivity contribution in [1.29, 1.82) is 0 Å². The van der Waals surface area contributed by atoms with Crippen LogP contribution in [0.15, 0.2) is 24.3 Å². The average Bonchev–Trinajstić information content (AvgIpc) is 2.96. The lowest BCUT2D eigenvalue weighted by molar-refractivity contribution is -0.137. The first kappa shape index (κ1) is 18.0. The Bertz CT molecular complexity index is 611. The Morgan fingerprint density at radius 2 is 2.00 bits per heavy atom. The zero-order chi connectivity index (χ0) is 17.1. The maximum absolute atomic E-state index is 12.6. The van der Waals surface area contributed by atoms with Gasteiger partial charge in [-0.25, -0.2) is 13.1 Å². The highest BCUT2D eigenvalue weighted by molar-refractivity contribution is 7.88. The third-order valence-corrected chi connectivity index (χ3v) is 4.33. The number of benzene rings is 1. The van der Waals surface area contributed by atoms with Crippen LogP contribution in [0.1, 0.15) is 12.0 Å². The minimum atomic E-state index is -4.40. The van der Waals surface area contributed by atoms with E-state index >= 15 is 0 Å². The van der Waals surface area contributed by atoms with Crippen molar-refractivity contribution in [1.82, 2.24) is 10.0 Å². The molecule has 2 rings (SSSR count). The van der Waals surface area contributed by atoms with Gasteiger partial charge in [0.1, 0.15) is 11.9 Å². The zero-order valence-electron chi connectivity index (χ0n) is 12.6. The van der Waals surface area contributed by atoms with Gasteiger partial charge in [0.25, 0.3) is 0 Å². The van der Waals surface area contributed by atoms with Crippen LogP contribution >= 0.6 is 0 Å². The molecule has 1 aromatic rings. The molecule has 1 aliphatic rings. The summed E-state index contributed by atoms with van der Waals surface area (Å²) in [4.78, 5) is 0. The van der Waals surface area contributed by atoms with Crippen LogP contribution in [0.3, 0.4) is 0 Å². The van der Waals surface area contributed by atoms with Crippen LogP contribution in [0, 0.1) is 5.92 Å². The summed E-state index contributed by atoms with van der Waals surface area (Å²) in [5.74, 6) is 0.372. The number of nitrogens with one attached hydrogen (secondary N) is 2. The molecule has 0 spiro atoms. The van der Waals surface area contributed by atoms with Crippen molar-refractivity contribution < 1.29 is 26.3 Å². The number of ether oxygens (including phenoxy) is 1. The first-order valence-corrected chi connectivity index (χ1v) is 9.03. The third kappa shape index (κ3) is 5.67. The zero-order valence-corrected chi connectivity index (χ0v) is 13.4. The van der Waals surface area contributed by atoms with Crippen LogP contribution in [0.25, 0.3) is 0 Å².